The molecule has 1 aliphatic heterocycles. The fraction of sp³-hybridized carbons (Fsp3) is 0.178. The summed E-state index contributed by atoms with van der Waals surface area (Å²) < 4.78 is 46.7. The van der Waals surface area contributed by atoms with Crippen LogP contribution in [0.15, 0.2) is 183 Å². The first-order valence-corrected chi connectivity index (χ1v) is 33.0. The summed E-state index contributed by atoms with van der Waals surface area (Å²) in [5.74, 6) is -4.05. The van der Waals surface area contributed by atoms with Gasteiger partial charge in [-0.05, 0) is 212 Å². The minimum absolute atomic E-state index is 0.0126. The molecule has 99 heavy (non-hydrogen) atoms. The standard InChI is InChI=1S/C25H18BrFN4O.C24H19BrFN5O2.C19H15FN2O3.C5H6BrN3/c26-18-11-22-21(29-14-18)12-23(30-22)25(7-2-8-25)17-5-6-20(19(27)10-17)31-24(32)16-4-1-3-15(9-16)13-28;25-17-11-20(21(28)29-13-17)31-23(33)24(7-2-8-24)16-5-6-19(18(26)10-16)30-22(32)15-4-1-3-14(9-15)12-27;20-15-10-14(19(18(24)25)7-2-8-19)5-6-16(15)22-17(23)13-4-1-3-12(9-13)11-21;6-3-1-4(7)5(8)9-2-3/h1,3-6,9-11,14H,2,7-8,12H2,(H,31,32);1,3-6,9-11,13H,2,7-8H2,(H2,28,29)(H,30,32)(H,31,33);1,3-6,9-10H,2,7-8H2,(H,22,23)(H,24,25);1-2H,7H2,(H2,8,9). The van der Waals surface area contributed by atoms with Crippen molar-refractivity contribution in [3.8, 4) is 18.2 Å². The molecule has 498 valence electrons. The Kier molecular flexibility index (Phi) is 21.8. The number of aliphatic imine (C=N–C) groups is 1. The van der Waals surface area contributed by atoms with E-state index in [1.807, 2.05) is 30.3 Å². The van der Waals surface area contributed by atoms with Crippen LogP contribution in [-0.2, 0) is 32.3 Å². The van der Waals surface area contributed by atoms with Crippen molar-refractivity contribution in [2.24, 2.45) is 4.99 Å². The summed E-state index contributed by atoms with van der Waals surface area (Å²) in [6.45, 7) is 0. The number of hydrogen-bond acceptors (Lipinski definition) is 15. The molecule has 0 bridgehead atoms. The summed E-state index contributed by atoms with van der Waals surface area (Å²) in [4.78, 5) is 79.0. The van der Waals surface area contributed by atoms with E-state index >= 15 is 4.39 Å². The summed E-state index contributed by atoms with van der Waals surface area (Å²) in [5.41, 5.74) is 21.8. The first-order valence-electron chi connectivity index (χ1n) is 30.7. The molecule has 0 radical (unpaired) electrons. The molecule has 3 saturated carbocycles. The minimum Gasteiger partial charge on any atom is -0.481 e. The Bertz CT molecular complexity index is 4870. The zero-order chi connectivity index (χ0) is 70.8. The summed E-state index contributed by atoms with van der Waals surface area (Å²) >= 11 is 9.94. The zero-order valence-corrected chi connectivity index (χ0v) is 57.0. The molecule has 3 aromatic heterocycles. The number of amides is 4. The van der Waals surface area contributed by atoms with E-state index in [9.17, 15) is 37.9 Å². The number of carboxylic acids is 1. The lowest BCUT2D eigenvalue weighted by Crippen LogP contribution is -2.46. The zero-order valence-electron chi connectivity index (χ0n) is 52.3. The fourth-order valence-electron chi connectivity index (χ4n) is 11.7. The number of carbonyl (C=O) groups excluding carboxylic acids is 4. The van der Waals surface area contributed by atoms with Crippen molar-refractivity contribution in [3.63, 3.8) is 0 Å². The molecule has 0 unspecified atom stereocenters. The van der Waals surface area contributed by atoms with Crippen molar-refractivity contribution in [2.75, 3.05) is 38.5 Å². The lowest BCUT2D eigenvalue weighted by Gasteiger charge is -2.42. The number of rotatable bonds is 13. The van der Waals surface area contributed by atoms with Crippen LogP contribution in [0.2, 0.25) is 0 Å². The number of aliphatic carboxylic acids is 1. The number of carbonyl (C=O) groups is 5. The number of aromatic nitrogens is 3. The van der Waals surface area contributed by atoms with Crippen molar-refractivity contribution in [3.05, 3.63) is 251 Å². The fourth-order valence-corrected chi connectivity index (χ4v) is 12.7. The largest absolute Gasteiger partial charge is 0.481 e. The number of anilines is 7. The van der Waals surface area contributed by atoms with Gasteiger partial charge >= 0.3 is 5.97 Å². The van der Waals surface area contributed by atoms with Crippen molar-refractivity contribution >= 4 is 129 Å². The number of fused-ring (bicyclic) bond motifs is 1. The normalized spacial score (nSPS) is 14.4. The molecule has 4 amide bonds. The van der Waals surface area contributed by atoms with Crippen LogP contribution in [0.25, 0.3) is 0 Å². The van der Waals surface area contributed by atoms with Crippen molar-refractivity contribution in [1.29, 1.82) is 15.8 Å². The van der Waals surface area contributed by atoms with Gasteiger partial charge in [-0.15, -0.1) is 0 Å². The Morgan fingerprint density at radius 1 is 0.475 bits per heavy atom. The summed E-state index contributed by atoms with van der Waals surface area (Å²) in [7, 11) is 0. The van der Waals surface area contributed by atoms with Crippen LogP contribution < -0.4 is 38.5 Å². The van der Waals surface area contributed by atoms with Gasteiger partial charge in [-0.3, -0.25) is 33.9 Å². The number of nitrogens with zero attached hydrogens (tertiary/aromatic N) is 7. The third-order valence-electron chi connectivity index (χ3n) is 17.6. The van der Waals surface area contributed by atoms with Gasteiger partial charge in [-0.2, -0.15) is 15.8 Å². The second-order valence-electron chi connectivity index (χ2n) is 23.7. The average molecular weight is 1520 g/mol. The van der Waals surface area contributed by atoms with Crippen LogP contribution in [0.5, 0.6) is 0 Å². The van der Waals surface area contributed by atoms with Gasteiger partial charge in [0.15, 0.2) is 0 Å². The quantitative estimate of drug-likeness (QED) is 0.0532. The predicted octanol–water partition coefficient (Wildman–Crippen LogP) is 15.1. The first kappa shape index (κ1) is 70.7. The Labute approximate surface area is 591 Å². The van der Waals surface area contributed by atoms with E-state index in [-0.39, 0.29) is 45.3 Å². The number of nitrogens with one attached hydrogen (secondary N) is 4. The van der Waals surface area contributed by atoms with E-state index in [0.29, 0.717) is 87.2 Å². The molecule has 0 atom stereocenters. The summed E-state index contributed by atoms with van der Waals surface area (Å²) in [6, 6.07) is 43.2. The number of carboxylic acid groups (broad SMARTS) is 1. The topological polar surface area (TPSA) is 354 Å². The van der Waals surface area contributed by atoms with E-state index < -0.39 is 52.0 Å². The van der Waals surface area contributed by atoms with Crippen LogP contribution in [-0.4, -0.2) is 55.4 Å². The van der Waals surface area contributed by atoms with Gasteiger partial charge in [0.2, 0.25) is 5.91 Å². The van der Waals surface area contributed by atoms with Crippen LogP contribution in [0.3, 0.4) is 0 Å². The maximum atomic E-state index is 15.0. The molecule has 26 heteroatoms. The molecule has 0 spiro atoms. The molecule has 0 saturated heterocycles. The van der Waals surface area contributed by atoms with Gasteiger partial charge < -0.3 is 43.6 Å². The molecular weight excluding hydrogens is 1470 g/mol. The van der Waals surface area contributed by atoms with Gasteiger partial charge in [0.25, 0.3) is 17.7 Å². The Balaban J connectivity index is 0.000000152. The number of nitrogens with two attached hydrogens (primary N) is 3. The summed E-state index contributed by atoms with van der Waals surface area (Å²) in [6.07, 6.45) is 12.2. The van der Waals surface area contributed by atoms with Gasteiger partial charge in [-0.1, -0.05) is 55.7 Å². The molecular formula is C73H58Br3F3N14O6. The van der Waals surface area contributed by atoms with Crippen LogP contribution >= 0.6 is 47.8 Å². The van der Waals surface area contributed by atoms with Crippen LogP contribution in [0.1, 0.15) is 128 Å². The van der Waals surface area contributed by atoms with E-state index in [2.05, 4.69) is 84.0 Å². The third-order valence-corrected chi connectivity index (χ3v) is 18.9. The smallest absolute Gasteiger partial charge is 0.314 e. The summed E-state index contributed by atoms with van der Waals surface area (Å²) in [5, 5.41) is 46.7. The van der Waals surface area contributed by atoms with Crippen molar-refractivity contribution in [1.82, 2.24) is 15.0 Å². The lowest BCUT2D eigenvalue weighted by atomic mass is 9.61. The maximum absolute atomic E-state index is 15.0. The molecule has 6 aromatic carbocycles. The number of halogens is 6. The van der Waals surface area contributed by atoms with Gasteiger partial charge in [-0.25, -0.2) is 23.1 Å². The Morgan fingerprint density at radius 2 is 0.889 bits per heavy atom. The second-order valence-corrected chi connectivity index (χ2v) is 26.4. The number of pyridine rings is 3. The molecule has 13 rings (SSSR count). The van der Waals surface area contributed by atoms with E-state index in [4.69, 9.17) is 38.0 Å². The highest BCUT2D eigenvalue weighted by molar-refractivity contribution is 9.11. The molecule has 3 fully saturated rings. The van der Waals surface area contributed by atoms with E-state index in [1.54, 1.807) is 85.2 Å². The predicted molar refractivity (Wildman–Crippen MR) is 379 cm³/mol. The highest BCUT2D eigenvalue weighted by Gasteiger charge is 2.48. The lowest BCUT2D eigenvalue weighted by molar-refractivity contribution is -0.147. The first-order chi connectivity index (χ1) is 47.5. The second kappa shape index (κ2) is 30.5. The number of nitriles is 3. The van der Waals surface area contributed by atoms with Crippen LogP contribution in [0.4, 0.5) is 58.9 Å². The van der Waals surface area contributed by atoms with Crippen LogP contribution in [0, 0.1) is 51.4 Å². The minimum atomic E-state index is -1.02. The molecule has 3 aliphatic carbocycles. The Hall–Kier alpha value is -11.1. The average Bonchev–Trinajstić information content (AvgIpc) is 1.74. The van der Waals surface area contributed by atoms with Gasteiger partial charge in [0.1, 0.15) is 29.1 Å². The number of benzene rings is 6. The monoisotopic (exact) mass is 1520 g/mol. The number of nitrogen functional groups attached to an aromatic ring is 3. The molecule has 20 nitrogen and oxygen atoms in total. The Morgan fingerprint density at radius 3 is 1.29 bits per heavy atom. The molecule has 4 aliphatic rings. The highest BCUT2D eigenvalue weighted by atomic mass is 79.9. The molecule has 11 N–H and O–H groups in total. The van der Waals surface area contributed by atoms with Gasteiger partial charge in [0, 0.05) is 66.2 Å². The highest BCUT2D eigenvalue weighted by Crippen LogP contribution is 2.50. The van der Waals surface area contributed by atoms with E-state index in [0.717, 1.165) is 63.7 Å². The third kappa shape index (κ3) is 15.8. The number of hydrogen-bond donors (Lipinski definition) is 8. The SMILES string of the molecule is N#Cc1cccc(C(=O)Nc2ccc(C3(C(=O)Nc4cc(Br)cnc4N)CCC3)cc2F)c1.N#Cc1cccc(C(=O)Nc2ccc(C3(C(=O)O)CCC3)cc2F)c1.N#Cc1cccc(C(=O)Nc2ccc(C3(C4=Nc5cc(Br)cnc5C4)CCC3)cc2F)c1.Nc1cc(Br)cnc1N. The van der Waals surface area contributed by atoms with E-state index in [1.165, 1.54) is 66.9 Å². The van der Waals surface area contributed by atoms with Crippen molar-refractivity contribution in [2.45, 2.75) is 80.5 Å². The van der Waals surface area contributed by atoms with Gasteiger partial charge in [0.05, 0.1) is 85.5 Å². The molecule has 4 heterocycles. The molecule has 9 aromatic rings. The van der Waals surface area contributed by atoms with Crippen molar-refractivity contribution < 1.29 is 42.3 Å². The maximum Gasteiger partial charge on any atom is 0.314 e.